The molecule has 1 fully saturated rings. The van der Waals surface area contributed by atoms with Gasteiger partial charge >= 0.3 is 5.97 Å². The number of carbonyl (C=O) groups excluding carboxylic acids is 1. The Balaban J connectivity index is 1.71. The van der Waals surface area contributed by atoms with Crippen LogP contribution in [0.4, 0.5) is 0 Å². The van der Waals surface area contributed by atoms with Crippen LogP contribution in [0, 0.1) is 11.8 Å². The fourth-order valence-electron chi connectivity index (χ4n) is 3.26. The minimum absolute atomic E-state index is 0.0307. The van der Waals surface area contributed by atoms with Gasteiger partial charge < -0.3 is 15.2 Å². The van der Waals surface area contributed by atoms with Crippen molar-refractivity contribution < 1.29 is 19.4 Å². The van der Waals surface area contributed by atoms with Crippen LogP contribution in [-0.4, -0.2) is 30.6 Å². The lowest BCUT2D eigenvalue weighted by Crippen LogP contribution is -2.35. The number of amides is 1. The Kier molecular flexibility index (Phi) is 6.64. The lowest BCUT2D eigenvalue weighted by Gasteiger charge is -2.25. The van der Waals surface area contributed by atoms with Gasteiger partial charge in [0, 0.05) is 12.5 Å². The minimum atomic E-state index is -0.734. The summed E-state index contributed by atoms with van der Waals surface area (Å²) >= 11 is 0. The van der Waals surface area contributed by atoms with E-state index in [1.165, 1.54) is 5.56 Å². The summed E-state index contributed by atoms with van der Waals surface area (Å²) in [5, 5.41) is 12.0. The average molecular weight is 333 g/mol. The van der Waals surface area contributed by atoms with E-state index in [2.05, 4.69) is 24.4 Å². The van der Waals surface area contributed by atoms with Crippen LogP contribution in [0.5, 0.6) is 5.75 Å². The first kappa shape index (κ1) is 18.3. The number of carboxylic acid groups (broad SMARTS) is 1. The zero-order valence-electron chi connectivity index (χ0n) is 14.5. The molecule has 5 nitrogen and oxygen atoms in total. The number of nitrogens with one attached hydrogen (secondary N) is 1. The number of benzene rings is 1. The molecule has 1 aromatic rings. The van der Waals surface area contributed by atoms with Gasteiger partial charge in [0.1, 0.15) is 5.75 Å². The molecular formula is C19H27NO4. The molecule has 0 spiro atoms. The number of carbonyl (C=O) groups is 2. The first-order valence-electron chi connectivity index (χ1n) is 8.65. The van der Waals surface area contributed by atoms with Crippen LogP contribution in [0.3, 0.4) is 0 Å². The van der Waals surface area contributed by atoms with Crippen LogP contribution >= 0.6 is 0 Å². The zero-order chi connectivity index (χ0) is 17.5. The highest BCUT2D eigenvalue weighted by atomic mass is 16.5. The fourth-order valence-corrected chi connectivity index (χ4v) is 3.26. The van der Waals surface area contributed by atoms with Gasteiger partial charge in [-0.25, -0.2) is 0 Å². The topological polar surface area (TPSA) is 75.6 Å². The summed E-state index contributed by atoms with van der Waals surface area (Å²) in [4.78, 5) is 23.1. The molecule has 0 saturated heterocycles. The molecule has 0 bridgehead atoms. The first-order valence-corrected chi connectivity index (χ1v) is 8.65. The highest BCUT2D eigenvalue weighted by Crippen LogP contribution is 2.29. The van der Waals surface area contributed by atoms with Crippen molar-refractivity contribution in [3.63, 3.8) is 0 Å². The third-order valence-electron chi connectivity index (χ3n) is 5.01. The van der Waals surface area contributed by atoms with E-state index in [1.807, 2.05) is 12.1 Å². The molecule has 0 heterocycles. The quantitative estimate of drug-likeness (QED) is 0.803. The van der Waals surface area contributed by atoms with E-state index in [9.17, 15) is 9.59 Å². The van der Waals surface area contributed by atoms with E-state index >= 15 is 0 Å². The van der Waals surface area contributed by atoms with Crippen molar-refractivity contribution >= 4 is 11.9 Å². The van der Waals surface area contributed by atoms with Gasteiger partial charge in [0.05, 0.1) is 13.0 Å². The summed E-state index contributed by atoms with van der Waals surface area (Å²) in [7, 11) is 1.65. The molecule has 1 atom stereocenters. The Morgan fingerprint density at radius 1 is 1.17 bits per heavy atom. The lowest BCUT2D eigenvalue weighted by molar-refractivity contribution is -0.144. The number of methoxy groups -OCH3 is 1. The maximum atomic E-state index is 12.2. The van der Waals surface area contributed by atoms with Crippen LogP contribution < -0.4 is 10.1 Å². The molecule has 0 aromatic heterocycles. The Morgan fingerprint density at radius 3 is 2.29 bits per heavy atom. The van der Waals surface area contributed by atoms with Crippen molar-refractivity contribution in [1.29, 1.82) is 0 Å². The smallest absolute Gasteiger partial charge is 0.306 e. The van der Waals surface area contributed by atoms with Gasteiger partial charge in [-0.1, -0.05) is 19.1 Å². The van der Waals surface area contributed by atoms with E-state index < -0.39 is 5.97 Å². The van der Waals surface area contributed by atoms with E-state index in [0.717, 1.165) is 12.2 Å². The van der Waals surface area contributed by atoms with Crippen molar-refractivity contribution in [2.45, 2.75) is 44.9 Å². The van der Waals surface area contributed by atoms with Crippen LogP contribution in [0.2, 0.25) is 0 Å². The fraction of sp³-hybridized carbons (Fsp3) is 0.579. The van der Waals surface area contributed by atoms with Gasteiger partial charge in [0.25, 0.3) is 0 Å². The first-order chi connectivity index (χ1) is 11.5. The molecule has 24 heavy (non-hydrogen) atoms. The zero-order valence-corrected chi connectivity index (χ0v) is 14.5. The van der Waals surface area contributed by atoms with Gasteiger partial charge in [-0.15, -0.1) is 0 Å². The molecule has 2 N–H and O–H groups in total. The predicted molar refractivity (Wildman–Crippen MR) is 92.1 cm³/mol. The Hall–Kier alpha value is -2.04. The molecule has 132 valence electrons. The van der Waals surface area contributed by atoms with Gasteiger partial charge in [-0.3, -0.25) is 9.59 Å². The molecule has 1 aliphatic rings. The van der Waals surface area contributed by atoms with Crippen molar-refractivity contribution in [2.75, 3.05) is 13.7 Å². The number of rotatable bonds is 7. The van der Waals surface area contributed by atoms with Crippen LogP contribution in [0.1, 0.15) is 50.5 Å². The number of ether oxygens (including phenoxy) is 1. The van der Waals surface area contributed by atoms with Crippen molar-refractivity contribution in [2.24, 2.45) is 11.8 Å². The monoisotopic (exact) mass is 333 g/mol. The molecular weight excluding hydrogens is 306 g/mol. The maximum absolute atomic E-state index is 12.2. The van der Waals surface area contributed by atoms with Crippen molar-refractivity contribution in [3.05, 3.63) is 29.8 Å². The second-order valence-electron chi connectivity index (χ2n) is 6.64. The standard InChI is InChI=1S/C19H27NO4/c1-13(14-7-9-17(24-2)10-8-14)11-12-20-18(21)15-3-5-16(6-4-15)19(22)23/h7-10,13,15-16H,3-6,11-12H2,1-2H3,(H,20,21)(H,22,23). The Labute approximate surface area is 143 Å². The van der Waals surface area contributed by atoms with Gasteiger partial charge in [-0.2, -0.15) is 0 Å². The minimum Gasteiger partial charge on any atom is -0.497 e. The van der Waals surface area contributed by atoms with Gasteiger partial charge in [0.15, 0.2) is 0 Å². The van der Waals surface area contributed by atoms with E-state index in [0.29, 0.717) is 38.1 Å². The average Bonchev–Trinajstić information content (AvgIpc) is 2.61. The summed E-state index contributed by atoms with van der Waals surface area (Å²) in [6.07, 6.45) is 3.45. The molecule has 1 aliphatic carbocycles. The molecule has 1 amide bonds. The van der Waals surface area contributed by atoms with Gasteiger partial charge in [0.2, 0.25) is 5.91 Å². The summed E-state index contributed by atoms with van der Waals surface area (Å²) in [5.74, 6) is 0.235. The van der Waals surface area contributed by atoms with Crippen LogP contribution in [0.25, 0.3) is 0 Å². The number of carboxylic acids is 1. The summed E-state index contributed by atoms with van der Waals surface area (Å²) < 4.78 is 5.16. The summed E-state index contributed by atoms with van der Waals surface area (Å²) in [6, 6.07) is 8.01. The second-order valence-corrected chi connectivity index (χ2v) is 6.64. The van der Waals surface area contributed by atoms with E-state index in [1.54, 1.807) is 7.11 Å². The number of hydrogen-bond acceptors (Lipinski definition) is 3. The van der Waals surface area contributed by atoms with Crippen LogP contribution in [-0.2, 0) is 9.59 Å². The number of hydrogen-bond donors (Lipinski definition) is 2. The van der Waals surface area contributed by atoms with Gasteiger partial charge in [-0.05, 0) is 55.7 Å². The molecule has 1 aromatic carbocycles. The molecule has 5 heteroatoms. The van der Waals surface area contributed by atoms with E-state index in [-0.39, 0.29) is 17.7 Å². The third kappa shape index (κ3) is 4.98. The largest absolute Gasteiger partial charge is 0.497 e. The van der Waals surface area contributed by atoms with Crippen LogP contribution in [0.15, 0.2) is 24.3 Å². The highest BCUT2D eigenvalue weighted by Gasteiger charge is 2.29. The third-order valence-corrected chi connectivity index (χ3v) is 5.01. The summed E-state index contributed by atoms with van der Waals surface area (Å²) in [6.45, 7) is 2.79. The highest BCUT2D eigenvalue weighted by molar-refractivity contribution is 5.79. The summed E-state index contributed by atoms with van der Waals surface area (Å²) in [5.41, 5.74) is 1.23. The van der Waals surface area contributed by atoms with Crippen molar-refractivity contribution in [3.8, 4) is 5.75 Å². The molecule has 1 saturated carbocycles. The second kappa shape index (κ2) is 8.71. The molecule has 0 radical (unpaired) electrons. The normalized spacial score (nSPS) is 21.8. The Morgan fingerprint density at radius 2 is 1.75 bits per heavy atom. The molecule has 1 unspecified atom stereocenters. The molecule has 2 rings (SSSR count). The SMILES string of the molecule is COc1ccc(C(C)CCNC(=O)C2CCC(C(=O)O)CC2)cc1. The lowest BCUT2D eigenvalue weighted by atomic mass is 9.81. The maximum Gasteiger partial charge on any atom is 0.306 e. The Bertz CT molecular complexity index is 547. The van der Waals surface area contributed by atoms with E-state index in [4.69, 9.17) is 9.84 Å². The van der Waals surface area contributed by atoms with Crippen molar-refractivity contribution in [1.82, 2.24) is 5.32 Å². The predicted octanol–water partition coefficient (Wildman–Crippen LogP) is 3.20. The number of aliphatic carboxylic acids is 1. The molecule has 0 aliphatic heterocycles.